The van der Waals surface area contributed by atoms with Crippen molar-refractivity contribution in [2.24, 2.45) is 4.99 Å². The quantitative estimate of drug-likeness (QED) is 0.549. The second-order valence-electron chi connectivity index (χ2n) is 5.91. The second-order valence-corrected chi connectivity index (χ2v) is 5.91. The molecule has 1 N–H and O–H groups in total. The van der Waals surface area contributed by atoms with E-state index in [0.29, 0.717) is 11.3 Å². The fourth-order valence-corrected chi connectivity index (χ4v) is 2.63. The van der Waals surface area contributed by atoms with Crippen LogP contribution in [0.3, 0.4) is 0 Å². The molecule has 0 atom stereocenters. The summed E-state index contributed by atoms with van der Waals surface area (Å²) in [5.41, 5.74) is 3.92. The normalized spacial score (nSPS) is 10.9. The molecule has 0 aliphatic rings. The lowest BCUT2D eigenvalue weighted by Crippen LogP contribution is -2.01. The van der Waals surface area contributed by atoms with Crippen LogP contribution in [0.25, 0.3) is 5.69 Å². The van der Waals surface area contributed by atoms with Crippen LogP contribution in [0, 0.1) is 6.92 Å². The van der Waals surface area contributed by atoms with E-state index in [-0.39, 0.29) is 5.56 Å². The third kappa shape index (κ3) is 3.95. The number of carboxylic acid groups (broad SMARTS) is 1. The molecule has 0 bridgehead atoms. The van der Waals surface area contributed by atoms with Crippen LogP contribution in [-0.2, 0) is 4.74 Å². The molecule has 0 amide bonds. The van der Waals surface area contributed by atoms with E-state index in [1.54, 1.807) is 42.6 Å². The van der Waals surface area contributed by atoms with E-state index in [1.165, 1.54) is 7.11 Å². The third-order valence-corrected chi connectivity index (χ3v) is 4.14. The van der Waals surface area contributed by atoms with E-state index in [4.69, 9.17) is 9.84 Å². The van der Waals surface area contributed by atoms with Gasteiger partial charge in [-0.2, -0.15) is 0 Å². The van der Waals surface area contributed by atoms with Crippen LogP contribution < -0.4 is 0 Å². The number of aromatic carboxylic acids is 1. The topological polar surface area (TPSA) is 80.9 Å². The van der Waals surface area contributed by atoms with Gasteiger partial charge in [-0.05, 0) is 61.0 Å². The number of carbonyl (C=O) groups excluding carboxylic acids is 1. The van der Waals surface area contributed by atoms with Crippen molar-refractivity contribution in [2.75, 3.05) is 7.11 Å². The van der Waals surface area contributed by atoms with Gasteiger partial charge in [0.15, 0.2) is 0 Å². The smallest absolute Gasteiger partial charge is 0.337 e. The molecule has 0 saturated carbocycles. The van der Waals surface area contributed by atoms with Gasteiger partial charge < -0.3 is 14.4 Å². The highest BCUT2D eigenvalue weighted by Crippen LogP contribution is 2.21. The summed E-state index contributed by atoms with van der Waals surface area (Å²) < 4.78 is 6.65. The Labute approximate surface area is 156 Å². The summed E-state index contributed by atoms with van der Waals surface area (Å²) in [6.45, 7) is 1.91. The summed E-state index contributed by atoms with van der Waals surface area (Å²) in [5, 5.41) is 9.02. The number of esters is 1. The van der Waals surface area contributed by atoms with Gasteiger partial charge in [-0.25, -0.2) is 9.59 Å². The van der Waals surface area contributed by atoms with Gasteiger partial charge in [-0.1, -0.05) is 6.07 Å². The number of aryl methyl sites for hydroxylation is 1. The van der Waals surface area contributed by atoms with Gasteiger partial charge in [0.2, 0.25) is 0 Å². The van der Waals surface area contributed by atoms with E-state index in [9.17, 15) is 9.59 Å². The van der Waals surface area contributed by atoms with Crippen molar-refractivity contribution in [2.45, 2.75) is 6.92 Å². The van der Waals surface area contributed by atoms with E-state index in [2.05, 4.69) is 4.99 Å². The highest BCUT2D eigenvalue weighted by atomic mass is 16.5. The summed E-state index contributed by atoms with van der Waals surface area (Å²) in [6.07, 6.45) is 3.57. The Hall–Kier alpha value is -3.67. The Morgan fingerprint density at radius 3 is 2.44 bits per heavy atom. The van der Waals surface area contributed by atoms with Gasteiger partial charge >= 0.3 is 11.9 Å². The molecule has 0 radical (unpaired) electrons. The van der Waals surface area contributed by atoms with Crippen LogP contribution in [0.1, 0.15) is 32.0 Å². The summed E-state index contributed by atoms with van der Waals surface area (Å²) in [4.78, 5) is 27.2. The molecule has 0 fully saturated rings. The number of hydrogen-bond acceptors (Lipinski definition) is 4. The number of nitrogens with zero attached hydrogens (tertiary/aromatic N) is 2. The number of hydrogen-bond donors (Lipinski definition) is 1. The lowest BCUT2D eigenvalue weighted by atomic mass is 10.1. The number of aliphatic imine (C=N–C) groups is 1. The van der Waals surface area contributed by atoms with Crippen molar-refractivity contribution >= 4 is 23.8 Å². The fraction of sp³-hybridized carbons (Fsp3) is 0.0952. The van der Waals surface area contributed by atoms with Gasteiger partial charge in [-0.15, -0.1) is 0 Å². The SMILES string of the molecule is COC(=O)c1ccc(C)c(N=Cc2cccn2-c2ccc(C(=O)O)cc2)c1. The van der Waals surface area contributed by atoms with Gasteiger partial charge in [-0.3, -0.25) is 4.99 Å². The molecule has 6 nitrogen and oxygen atoms in total. The van der Waals surface area contributed by atoms with Gasteiger partial charge in [0.25, 0.3) is 0 Å². The van der Waals surface area contributed by atoms with Crippen molar-refractivity contribution in [3.8, 4) is 5.69 Å². The first-order valence-electron chi connectivity index (χ1n) is 8.23. The zero-order valence-electron chi connectivity index (χ0n) is 14.9. The monoisotopic (exact) mass is 362 g/mol. The molecule has 3 rings (SSSR count). The highest BCUT2D eigenvalue weighted by molar-refractivity contribution is 5.91. The number of methoxy groups -OCH3 is 1. The van der Waals surface area contributed by atoms with Crippen molar-refractivity contribution in [1.29, 1.82) is 0 Å². The third-order valence-electron chi connectivity index (χ3n) is 4.14. The molecule has 2 aromatic carbocycles. The molecule has 0 aliphatic heterocycles. The van der Waals surface area contributed by atoms with Gasteiger partial charge in [0, 0.05) is 11.9 Å². The van der Waals surface area contributed by atoms with Crippen molar-refractivity contribution in [3.63, 3.8) is 0 Å². The van der Waals surface area contributed by atoms with Crippen LogP contribution in [0.15, 0.2) is 65.8 Å². The first-order chi connectivity index (χ1) is 13.0. The minimum atomic E-state index is -0.961. The Morgan fingerprint density at radius 2 is 1.78 bits per heavy atom. The molecular formula is C21H18N2O4. The minimum Gasteiger partial charge on any atom is -0.478 e. The zero-order chi connectivity index (χ0) is 19.4. The first kappa shape index (κ1) is 18.1. The average molecular weight is 362 g/mol. The van der Waals surface area contributed by atoms with Crippen molar-refractivity contribution in [1.82, 2.24) is 4.57 Å². The summed E-state index contributed by atoms with van der Waals surface area (Å²) in [6, 6.07) is 15.6. The Balaban J connectivity index is 1.91. The number of aromatic nitrogens is 1. The molecule has 0 aliphatic carbocycles. The molecule has 136 valence electrons. The number of carboxylic acids is 1. The van der Waals surface area contributed by atoms with Crippen LogP contribution >= 0.6 is 0 Å². The largest absolute Gasteiger partial charge is 0.478 e. The maximum absolute atomic E-state index is 11.7. The molecular weight excluding hydrogens is 344 g/mol. The van der Waals surface area contributed by atoms with Gasteiger partial charge in [0.05, 0.1) is 35.8 Å². The molecule has 1 heterocycles. The maximum atomic E-state index is 11.7. The molecule has 0 spiro atoms. The summed E-state index contributed by atoms with van der Waals surface area (Å²) in [7, 11) is 1.34. The predicted octanol–water partition coefficient (Wildman–Crippen LogP) is 4.02. The molecule has 0 saturated heterocycles. The maximum Gasteiger partial charge on any atom is 0.337 e. The molecule has 1 aromatic heterocycles. The Bertz CT molecular complexity index is 1020. The van der Waals surface area contributed by atoms with E-state index in [1.807, 2.05) is 35.9 Å². The zero-order valence-corrected chi connectivity index (χ0v) is 14.9. The molecule has 0 unspecified atom stereocenters. The Kier molecular flexibility index (Phi) is 5.17. The second kappa shape index (κ2) is 7.70. The fourth-order valence-electron chi connectivity index (χ4n) is 2.63. The summed E-state index contributed by atoms with van der Waals surface area (Å²) in [5.74, 6) is -1.37. The Morgan fingerprint density at radius 1 is 1.07 bits per heavy atom. The lowest BCUT2D eigenvalue weighted by molar-refractivity contribution is 0.0600. The van der Waals surface area contributed by atoms with E-state index in [0.717, 1.165) is 16.9 Å². The minimum absolute atomic E-state index is 0.233. The molecule has 3 aromatic rings. The summed E-state index contributed by atoms with van der Waals surface area (Å²) >= 11 is 0. The van der Waals surface area contributed by atoms with Crippen molar-refractivity contribution in [3.05, 3.63) is 83.2 Å². The highest BCUT2D eigenvalue weighted by Gasteiger charge is 2.08. The van der Waals surface area contributed by atoms with Crippen LogP contribution in [0.5, 0.6) is 0 Å². The van der Waals surface area contributed by atoms with Crippen LogP contribution in [0.2, 0.25) is 0 Å². The van der Waals surface area contributed by atoms with E-state index >= 15 is 0 Å². The van der Waals surface area contributed by atoms with Crippen LogP contribution in [0.4, 0.5) is 5.69 Å². The van der Waals surface area contributed by atoms with Crippen LogP contribution in [-0.4, -0.2) is 34.9 Å². The number of benzene rings is 2. The molecule has 6 heteroatoms. The van der Waals surface area contributed by atoms with E-state index < -0.39 is 11.9 Å². The number of ether oxygens (including phenoxy) is 1. The standard InChI is InChI=1S/C21H18N2O4/c1-14-5-6-16(21(26)27-2)12-19(14)22-13-18-4-3-11-23(18)17-9-7-15(8-10-17)20(24)25/h3-13H,1-2H3,(H,24,25). The van der Waals surface area contributed by atoms with Gasteiger partial charge in [0.1, 0.15) is 0 Å². The number of carbonyl (C=O) groups is 2. The molecule has 27 heavy (non-hydrogen) atoms. The number of rotatable bonds is 5. The average Bonchev–Trinajstić information content (AvgIpc) is 3.15. The first-order valence-corrected chi connectivity index (χ1v) is 8.23. The van der Waals surface area contributed by atoms with Crippen molar-refractivity contribution < 1.29 is 19.4 Å². The predicted molar refractivity (Wildman–Crippen MR) is 103 cm³/mol. The lowest BCUT2D eigenvalue weighted by Gasteiger charge is -2.07.